The highest BCUT2D eigenvalue weighted by Crippen LogP contribution is 2.12. The van der Waals surface area contributed by atoms with Gasteiger partial charge >= 0.3 is 0 Å². The van der Waals surface area contributed by atoms with Crippen LogP contribution in [0.5, 0.6) is 0 Å². The molecule has 3 aromatic rings. The van der Waals surface area contributed by atoms with Gasteiger partial charge in [0.1, 0.15) is 0 Å². The first-order valence-corrected chi connectivity index (χ1v) is 7.08. The van der Waals surface area contributed by atoms with Gasteiger partial charge in [0, 0.05) is 12.6 Å². The molecule has 1 heterocycles. The molecule has 3 rings (SSSR count). The van der Waals surface area contributed by atoms with Gasteiger partial charge in [0.25, 0.3) is 0 Å². The lowest BCUT2D eigenvalue weighted by molar-refractivity contribution is 0.564. The molecule has 1 aromatic heterocycles. The predicted octanol–water partition coefficient (Wildman–Crippen LogP) is 3.12. The topological polar surface area (TPSA) is 42.7 Å². The third kappa shape index (κ3) is 3.35. The molecule has 2 aromatic carbocycles. The van der Waals surface area contributed by atoms with Gasteiger partial charge in [0.15, 0.2) is 0 Å². The van der Waals surface area contributed by atoms with Gasteiger partial charge in [-0.1, -0.05) is 48.5 Å². The van der Waals surface area contributed by atoms with Crippen LogP contribution in [0, 0.1) is 0 Å². The highest BCUT2D eigenvalue weighted by Gasteiger charge is 2.06. The van der Waals surface area contributed by atoms with Crippen molar-refractivity contribution in [3.63, 3.8) is 0 Å². The Morgan fingerprint density at radius 2 is 1.67 bits per heavy atom. The maximum absolute atomic E-state index is 4.49. The van der Waals surface area contributed by atoms with Crippen LogP contribution in [0.15, 0.2) is 66.9 Å². The molecular formula is C17H18N4. The zero-order valence-corrected chi connectivity index (χ0v) is 12.0. The summed E-state index contributed by atoms with van der Waals surface area (Å²) in [6, 6.07) is 20.6. The molecule has 1 N–H and O–H groups in total. The maximum Gasteiger partial charge on any atom is 0.0969 e. The van der Waals surface area contributed by atoms with E-state index in [0.717, 1.165) is 11.4 Å². The van der Waals surface area contributed by atoms with E-state index in [-0.39, 0.29) is 6.04 Å². The SMILES string of the molecule is C[C@@H](NCc1cnn(-c2ccccc2)n1)c1ccccc1. The molecule has 0 aliphatic rings. The summed E-state index contributed by atoms with van der Waals surface area (Å²) >= 11 is 0. The Kier molecular flexibility index (Phi) is 4.07. The summed E-state index contributed by atoms with van der Waals surface area (Å²) in [7, 11) is 0. The molecule has 0 bridgehead atoms. The van der Waals surface area contributed by atoms with Gasteiger partial charge in [-0.2, -0.15) is 15.0 Å². The molecule has 0 unspecified atom stereocenters. The number of nitrogens with zero attached hydrogens (tertiary/aromatic N) is 3. The zero-order chi connectivity index (χ0) is 14.5. The number of para-hydroxylation sites is 1. The van der Waals surface area contributed by atoms with E-state index in [1.165, 1.54) is 5.56 Å². The van der Waals surface area contributed by atoms with Gasteiger partial charge in [0.2, 0.25) is 0 Å². The molecule has 0 aliphatic carbocycles. The van der Waals surface area contributed by atoms with Crippen LogP contribution in [0.3, 0.4) is 0 Å². The minimum Gasteiger partial charge on any atom is -0.304 e. The van der Waals surface area contributed by atoms with Crippen LogP contribution in [0.25, 0.3) is 5.69 Å². The van der Waals surface area contributed by atoms with E-state index in [1.807, 2.05) is 36.4 Å². The molecule has 0 fully saturated rings. The monoisotopic (exact) mass is 278 g/mol. The highest BCUT2D eigenvalue weighted by atomic mass is 15.5. The summed E-state index contributed by atoms with van der Waals surface area (Å²) in [5.74, 6) is 0. The van der Waals surface area contributed by atoms with E-state index < -0.39 is 0 Å². The van der Waals surface area contributed by atoms with E-state index in [1.54, 1.807) is 11.0 Å². The second-order valence-electron chi connectivity index (χ2n) is 4.97. The fraction of sp³-hybridized carbons (Fsp3) is 0.176. The Morgan fingerprint density at radius 1 is 1.00 bits per heavy atom. The largest absolute Gasteiger partial charge is 0.304 e. The first-order chi connectivity index (χ1) is 10.3. The number of nitrogens with one attached hydrogen (secondary N) is 1. The lowest BCUT2D eigenvalue weighted by Crippen LogP contribution is -2.18. The number of benzene rings is 2. The second-order valence-corrected chi connectivity index (χ2v) is 4.97. The van der Waals surface area contributed by atoms with Crippen LogP contribution in [0.1, 0.15) is 24.2 Å². The Labute approximate surface area is 124 Å². The van der Waals surface area contributed by atoms with Crippen molar-refractivity contribution in [2.75, 3.05) is 0 Å². The molecule has 4 nitrogen and oxygen atoms in total. The van der Waals surface area contributed by atoms with Crippen molar-refractivity contribution < 1.29 is 0 Å². The van der Waals surface area contributed by atoms with Gasteiger partial charge in [0.05, 0.1) is 17.6 Å². The van der Waals surface area contributed by atoms with Crippen LogP contribution in [0.2, 0.25) is 0 Å². The third-order valence-corrected chi connectivity index (χ3v) is 3.42. The Bertz CT molecular complexity index is 676. The number of hydrogen-bond donors (Lipinski definition) is 1. The van der Waals surface area contributed by atoms with E-state index >= 15 is 0 Å². The summed E-state index contributed by atoms with van der Waals surface area (Å²) in [6.07, 6.45) is 1.80. The molecule has 4 heteroatoms. The normalized spacial score (nSPS) is 12.2. The smallest absolute Gasteiger partial charge is 0.0969 e. The number of aromatic nitrogens is 3. The minimum absolute atomic E-state index is 0.285. The number of hydrogen-bond acceptors (Lipinski definition) is 3. The second kappa shape index (κ2) is 6.33. The molecule has 0 amide bonds. The molecule has 1 atom stereocenters. The van der Waals surface area contributed by atoms with Gasteiger partial charge in [-0.25, -0.2) is 0 Å². The van der Waals surface area contributed by atoms with Crippen molar-refractivity contribution in [3.8, 4) is 5.69 Å². The third-order valence-electron chi connectivity index (χ3n) is 3.42. The molecular weight excluding hydrogens is 260 g/mol. The lowest BCUT2D eigenvalue weighted by Gasteiger charge is -2.12. The van der Waals surface area contributed by atoms with Crippen molar-refractivity contribution in [1.82, 2.24) is 20.3 Å². The van der Waals surface area contributed by atoms with Crippen molar-refractivity contribution in [1.29, 1.82) is 0 Å². The molecule has 0 saturated heterocycles. The van der Waals surface area contributed by atoms with E-state index in [2.05, 4.69) is 46.7 Å². The predicted molar refractivity (Wildman–Crippen MR) is 83.1 cm³/mol. The van der Waals surface area contributed by atoms with Crippen molar-refractivity contribution in [2.24, 2.45) is 0 Å². The van der Waals surface area contributed by atoms with Crippen molar-refractivity contribution >= 4 is 0 Å². The zero-order valence-electron chi connectivity index (χ0n) is 12.0. The summed E-state index contributed by atoms with van der Waals surface area (Å²) < 4.78 is 0. The van der Waals surface area contributed by atoms with Crippen LogP contribution in [-0.4, -0.2) is 15.0 Å². The minimum atomic E-state index is 0.285. The quantitative estimate of drug-likeness (QED) is 0.779. The van der Waals surface area contributed by atoms with E-state index in [9.17, 15) is 0 Å². The molecule has 0 radical (unpaired) electrons. The summed E-state index contributed by atoms with van der Waals surface area (Å²) in [5.41, 5.74) is 3.18. The fourth-order valence-corrected chi connectivity index (χ4v) is 2.18. The molecule has 21 heavy (non-hydrogen) atoms. The summed E-state index contributed by atoms with van der Waals surface area (Å²) in [4.78, 5) is 1.66. The Hall–Kier alpha value is -2.46. The summed E-state index contributed by atoms with van der Waals surface area (Å²) in [5, 5.41) is 12.3. The summed E-state index contributed by atoms with van der Waals surface area (Å²) in [6.45, 7) is 2.85. The maximum atomic E-state index is 4.49. The number of rotatable bonds is 5. The van der Waals surface area contributed by atoms with Crippen LogP contribution in [-0.2, 0) is 6.54 Å². The van der Waals surface area contributed by atoms with E-state index in [4.69, 9.17) is 0 Å². The fourth-order valence-electron chi connectivity index (χ4n) is 2.18. The van der Waals surface area contributed by atoms with Gasteiger partial charge in [-0.3, -0.25) is 0 Å². The van der Waals surface area contributed by atoms with Crippen molar-refractivity contribution in [3.05, 3.63) is 78.1 Å². The Balaban J connectivity index is 1.63. The average molecular weight is 278 g/mol. The van der Waals surface area contributed by atoms with E-state index in [0.29, 0.717) is 6.54 Å². The van der Waals surface area contributed by atoms with Crippen molar-refractivity contribution in [2.45, 2.75) is 19.5 Å². The Morgan fingerprint density at radius 3 is 2.38 bits per heavy atom. The molecule has 0 aliphatic heterocycles. The van der Waals surface area contributed by atoms with Gasteiger partial charge < -0.3 is 5.32 Å². The highest BCUT2D eigenvalue weighted by molar-refractivity contribution is 5.28. The first-order valence-electron chi connectivity index (χ1n) is 7.08. The standard InChI is InChI=1S/C17H18N4/c1-14(15-8-4-2-5-9-15)18-12-16-13-19-21(20-16)17-10-6-3-7-11-17/h2-11,13-14,18H,12H2,1H3/t14-/m1/s1. The van der Waals surface area contributed by atoms with Crippen LogP contribution >= 0.6 is 0 Å². The molecule has 106 valence electrons. The van der Waals surface area contributed by atoms with Gasteiger partial charge in [-0.15, -0.1) is 0 Å². The van der Waals surface area contributed by atoms with Crippen LogP contribution < -0.4 is 5.32 Å². The van der Waals surface area contributed by atoms with Gasteiger partial charge in [-0.05, 0) is 24.6 Å². The lowest BCUT2D eigenvalue weighted by atomic mass is 10.1. The first kappa shape index (κ1) is 13.5. The molecule has 0 saturated carbocycles. The molecule has 0 spiro atoms. The average Bonchev–Trinajstić information content (AvgIpc) is 3.03. The van der Waals surface area contributed by atoms with Crippen LogP contribution in [0.4, 0.5) is 0 Å².